The summed E-state index contributed by atoms with van der Waals surface area (Å²) in [4.78, 5) is 0. The third-order valence-electron chi connectivity index (χ3n) is 4.77. The summed E-state index contributed by atoms with van der Waals surface area (Å²) in [6.45, 7) is 10.5. The molecule has 0 radical (unpaired) electrons. The van der Waals surface area contributed by atoms with Crippen molar-refractivity contribution >= 4 is 0 Å². The molecule has 0 saturated heterocycles. The van der Waals surface area contributed by atoms with Gasteiger partial charge in [0.15, 0.2) is 0 Å². The van der Waals surface area contributed by atoms with E-state index in [-0.39, 0.29) is 10.8 Å². The lowest BCUT2D eigenvalue weighted by molar-refractivity contribution is 0.398. The monoisotopic (exact) mass is 346 g/mol. The number of nitrogens with zero attached hydrogens (tertiary/aromatic N) is 2. The summed E-state index contributed by atoms with van der Waals surface area (Å²) in [5.41, 5.74) is 3.84. The van der Waals surface area contributed by atoms with Crippen molar-refractivity contribution in [2.75, 3.05) is 7.11 Å². The Hall–Kier alpha value is -2.78. The number of hydrogen-bond donors (Lipinski definition) is 0. The normalized spacial score (nSPS) is 11.5. The van der Waals surface area contributed by atoms with Crippen LogP contribution in [0, 0.1) is 22.7 Å². The average Bonchev–Trinajstić information content (AvgIpc) is 2.59. The highest BCUT2D eigenvalue weighted by Crippen LogP contribution is 2.38. The van der Waals surface area contributed by atoms with Crippen molar-refractivity contribution in [1.29, 1.82) is 10.5 Å². The van der Waals surface area contributed by atoms with E-state index in [2.05, 4.69) is 52.8 Å². The van der Waals surface area contributed by atoms with E-state index in [1.165, 1.54) is 0 Å². The van der Waals surface area contributed by atoms with Crippen molar-refractivity contribution in [2.45, 2.75) is 51.9 Å². The molecule has 0 atom stereocenters. The lowest BCUT2D eigenvalue weighted by atomic mass is 9.75. The molecule has 0 aliphatic carbocycles. The van der Waals surface area contributed by atoms with Gasteiger partial charge in [0.2, 0.25) is 0 Å². The third-order valence-corrected chi connectivity index (χ3v) is 4.77. The van der Waals surface area contributed by atoms with Crippen LogP contribution in [0.4, 0.5) is 0 Å². The summed E-state index contributed by atoms with van der Waals surface area (Å²) in [7, 11) is 1.61. The number of ether oxygens (including phenoxy) is 1. The van der Waals surface area contributed by atoms with Gasteiger partial charge in [-0.1, -0.05) is 65.0 Å². The Balaban J connectivity index is 2.57. The fourth-order valence-corrected chi connectivity index (χ4v) is 3.48. The fraction of sp³-hybridized carbons (Fsp3) is 0.391. The number of nitriles is 2. The van der Waals surface area contributed by atoms with Crippen LogP contribution >= 0.6 is 0 Å². The lowest BCUT2D eigenvalue weighted by Gasteiger charge is -2.29. The summed E-state index contributed by atoms with van der Waals surface area (Å²) in [5.74, 6) is 0.641. The van der Waals surface area contributed by atoms with E-state index in [1.807, 2.05) is 30.3 Å². The van der Waals surface area contributed by atoms with Crippen molar-refractivity contribution in [2.24, 2.45) is 0 Å². The van der Waals surface area contributed by atoms with Gasteiger partial charge in [0.05, 0.1) is 24.3 Å². The van der Waals surface area contributed by atoms with Crippen molar-refractivity contribution in [3.05, 3.63) is 64.2 Å². The van der Waals surface area contributed by atoms with Crippen LogP contribution in [0.15, 0.2) is 36.4 Å². The fourth-order valence-electron chi connectivity index (χ4n) is 3.48. The Morgan fingerprint density at radius 1 is 0.885 bits per heavy atom. The minimum atomic E-state index is -0.268. The zero-order chi connectivity index (χ0) is 19.5. The Bertz CT molecular complexity index is 890. The highest BCUT2D eigenvalue weighted by Gasteiger charge is 2.28. The molecule has 26 heavy (non-hydrogen) atoms. The molecule has 0 saturated carbocycles. The molecule has 0 aliphatic heterocycles. The molecule has 0 fully saturated rings. The maximum Gasteiger partial charge on any atom is 0.140 e. The first-order chi connectivity index (χ1) is 12.2. The molecule has 2 aromatic carbocycles. The van der Waals surface area contributed by atoms with Crippen LogP contribution in [-0.2, 0) is 17.3 Å². The van der Waals surface area contributed by atoms with Gasteiger partial charge in [-0.3, -0.25) is 0 Å². The molecular weight excluding hydrogens is 320 g/mol. The smallest absolute Gasteiger partial charge is 0.140 e. The first kappa shape index (κ1) is 19.5. The maximum atomic E-state index is 9.74. The molecule has 0 heterocycles. The van der Waals surface area contributed by atoms with Gasteiger partial charge < -0.3 is 4.74 Å². The van der Waals surface area contributed by atoms with Gasteiger partial charge in [-0.15, -0.1) is 0 Å². The predicted molar refractivity (Wildman–Crippen MR) is 104 cm³/mol. The second-order valence-electron chi connectivity index (χ2n) is 8.26. The average molecular weight is 346 g/mol. The highest BCUT2D eigenvalue weighted by molar-refractivity contribution is 5.56. The molecule has 0 amide bonds. The quantitative estimate of drug-likeness (QED) is 0.759. The third kappa shape index (κ3) is 3.73. The molecular formula is C23H26N2O. The van der Waals surface area contributed by atoms with Crippen molar-refractivity contribution < 1.29 is 4.74 Å². The summed E-state index contributed by atoms with van der Waals surface area (Å²) >= 11 is 0. The Kier molecular flexibility index (Phi) is 5.43. The molecule has 3 heteroatoms. The minimum Gasteiger partial charge on any atom is -0.495 e. The molecule has 2 rings (SSSR count). The lowest BCUT2D eigenvalue weighted by Crippen LogP contribution is -2.23. The van der Waals surface area contributed by atoms with Crippen LogP contribution in [0.3, 0.4) is 0 Å². The Morgan fingerprint density at radius 2 is 1.54 bits per heavy atom. The van der Waals surface area contributed by atoms with Gasteiger partial charge in [0.1, 0.15) is 11.8 Å². The summed E-state index contributed by atoms with van der Waals surface area (Å²) < 4.78 is 5.65. The summed E-state index contributed by atoms with van der Waals surface area (Å²) in [6.07, 6.45) is 0.675. The summed E-state index contributed by atoms with van der Waals surface area (Å²) in [5, 5.41) is 19.2. The molecule has 134 valence electrons. The molecule has 0 bridgehead atoms. The predicted octanol–water partition coefficient (Wildman–Crippen LogP) is 5.26. The van der Waals surface area contributed by atoms with Crippen LogP contribution in [-0.4, -0.2) is 7.11 Å². The molecule has 0 N–H and O–H groups in total. The molecule has 2 aromatic rings. The number of methoxy groups -OCH3 is 1. The number of benzene rings is 2. The van der Waals surface area contributed by atoms with E-state index in [0.29, 0.717) is 23.3 Å². The van der Waals surface area contributed by atoms with Crippen LogP contribution in [0.5, 0.6) is 5.75 Å². The first-order valence-electron chi connectivity index (χ1n) is 8.75. The van der Waals surface area contributed by atoms with E-state index < -0.39 is 0 Å². The van der Waals surface area contributed by atoms with E-state index in [1.54, 1.807) is 7.11 Å². The van der Waals surface area contributed by atoms with Gasteiger partial charge >= 0.3 is 0 Å². The van der Waals surface area contributed by atoms with Gasteiger partial charge in [-0.25, -0.2) is 0 Å². The topological polar surface area (TPSA) is 56.8 Å². The van der Waals surface area contributed by atoms with E-state index in [0.717, 1.165) is 16.7 Å². The van der Waals surface area contributed by atoms with E-state index in [9.17, 15) is 10.5 Å². The van der Waals surface area contributed by atoms with Crippen LogP contribution in [0.2, 0.25) is 0 Å². The largest absolute Gasteiger partial charge is 0.495 e. The second-order valence-corrected chi connectivity index (χ2v) is 8.26. The minimum absolute atomic E-state index is 0.139. The summed E-state index contributed by atoms with van der Waals surface area (Å²) in [6, 6.07) is 16.4. The number of rotatable bonds is 4. The Labute approximate surface area is 156 Å². The van der Waals surface area contributed by atoms with E-state index >= 15 is 0 Å². The first-order valence-corrected chi connectivity index (χ1v) is 8.75. The van der Waals surface area contributed by atoms with E-state index in [4.69, 9.17) is 4.74 Å². The van der Waals surface area contributed by atoms with Crippen molar-refractivity contribution in [1.82, 2.24) is 0 Å². The van der Waals surface area contributed by atoms with Crippen LogP contribution in [0.1, 0.15) is 62.4 Å². The zero-order valence-corrected chi connectivity index (χ0v) is 16.5. The van der Waals surface area contributed by atoms with Gasteiger partial charge in [0.25, 0.3) is 0 Å². The molecule has 0 spiro atoms. The Morgan fingerprint density at radius 3 is 2.08 bits per heavy atom. The number of hydrogen-bond acceptors (Lipinski definition) is 3. The standard InChI is InChI=1S/C23H26N2O/c1-22(2,3)20-12-11-16(21(26-6)18(20)15-25)13-23(4,5)19-10-8-7-9-17(19)14-24/h7-12H,13H2,1-6H3. The van der Waals surface area contributed by atoms with Gasteiger partial charge in [-0.05, 0) is 40.0 Å². The van der Waals surface area contributed by atoms with Gasteiger partial charge in [0, 0.05) is 0 Å². The second kappa shape index (κ2) is 7.22. The van der Waals surface area contributed by atoms with Crippen LogP contribution < -0.4 is 4.74 Å². The van der Waals surface area contributed by atoms with Gasteiger partial charge in [-0.2, -0.15) is 10.5 Å². The molecule has 0 unspecified atom stereocenters. The zero-order valence-electron chi connectivity index (χ0n) is 16.5. The molecule has 0 aromatic heterocycles. The highest BCUT2D eigenvalue weighted by atomic mass is 16.5. The SMILES string of the molecule is COc1c(CC(C)(C)c2ccccc2C#N)ccc(C(C)(C)C)c1C#N. The molecule has 3 nitrogen and oxygen atoms in total. The van der Waals surface area contributed by atoms with Crippen LogP contribution in [0.25, 0.3) is 0 Å². The molecule has 0 aliphatic rings. The van der Waals surface area contributed by atoms with Crippen molar-refractivity contribution in [3.63, 3.8) is 0 Å². The van der Waals surface area contributed by atoms with Crippen molar-refractivity contribution in [3.8, 4) is 17.9 Å². The maximum absolute atomic E-state index is 9.74.